The summed E-state index contributed by atoms with van der Waals surface area (Å²) < 4.78 is 37.6. The van der Waals surface area contributed by atoms with Crippen molar-refractivity contribution in [2.24, 2.45) is 0 Å². The van der Waals surface area contributed by atoms with E-state index in [1.165, 1.54) is 19.2 Å². The first-order valence-electron chi connectivity index (χ1n) is 7.06. The maximum Gasteiger partial charge on any atom is 0.242 e. The van der Waals surface area contributed by atoms with Crippen LogP contribution in [0, 0.1) is 6.92 Å². The summed E-state index contributed by atoms with van der Waals surface area (Å²) in [6.45, 7) is 2.23. The molecule has 2 rings (SSSR count). The summed E-state index contributed by atoms with van der Waals surface area (Å²) in [6.07, 6.45) is 0. The van der Waals surface area contributed by atoms with E-state index in [-0.39, 0.29) is 28.1 Å². The van der Waals surface area contributed by atoms with Gasteiger partial charge in [0.25, 0.3) is 0 Å². The first kappa shape index (κ1) is 18.9. The predicted octanol–water partition coefficient (Wildman–Crippen LogP) is 3.67. The SMILES string of the molecule is COc1ccc(S(=O)(=O)NCCOc2cccc(C)c2)c(Cl)c1Cl. The van der Waals surface area contributed by atoms with Crippen molar-refractivity contribution in [1.29, 1.82) is 0 Å². The fourth-order valence-electron chi connectivity index (χ4n) is 2.01. The van der Waals surface area contributed by atoms with Crippen molar-refractivity contribution in [1.82, 2.24) is 4.72 Å². The molecule has 0 radical (unpaired) electrons. The molecule has 0 amide bonds. The molecule has 0 unspecified atom stereocenters. The van der Waals surface area contributed by atoms with Crippen LogP contribution in [-0.4, -0.2) is 28.7 Å². The Hall–Kier alpha value is -1.47. The number of hydrogen-bond donors (Lipinski definition) is 1. The van der Waals surface area contributed by atoms with Gasteiger partial charge in [-0.25, -0.2) is 13.1 Å². The van der Waals surface area contributed by atoms with Gasteiger partial charge < -0.3 is 9.47 Å². The maximum atomic E-state index is 12.3. The van der Waals surface area contributed by atoms with Gasteiger partial charge in [-0.05, 0) is 36.8 Å². The van der Waals surface area contributed by atoms with Crippen molar-refractivity contribution < 1.29 is 17.9 Å². The summed E-state index contributed by atoms with van der Waals surface area (Å²) in [5.74, 6) is 0.989. The Kier molecular flexibility index (Phi) is 6.34. The van der Waals surface area contributed by atoms with Crippen LogP contribution in [-0.2, 0) is 10.0 Å². The van der Waals surface area contributed by atoms with Crippen LogP contribution in [0.2, 0.25) is 10.0 Å². The van der Waals surface area contributed by atoms with Gasteiger partial charge in [0.15, 0.2) is 0 Å². The molecule has 2 aromatic carbocycles. The van der Waals surface area contributed by atoms with E-state index in [1.54, 1.807) is 0 Å². The number of nitrogens with one attached hydrogen (secondary N) is 1. The molecule has 0 aromatic heterocycles. The van der Waals surface area contributed by atoms with Crippen LogP contribution in [0.3, 0.4) is 0 Å². The Morgan fingerprint density at radius 2 is 1.88 bits per heavy atom. The lowest BCUT2D eigenvalue weighted by atomic mass is 10.2. The predicted molar refractivity (Wildman–Crippen MR) is 94.9 cm³/mol. The molecule has 1 N–H and O–H groups in total. The number of methoxy groups -OCH3 is 1. The summed E-state index contributed by atoms with van der Waals surface area (Å²) in [6, 6.07) is 10.3. The van der Waals surface area contributed by atoms with E-state index in [0.29, 0.717) is 11.5 Å². The molecule has 0 atom stereocenters. The van der Waals surface area contributed by atoms with Crippen LogP contribution < -0.4 is 14.2 Å². The van der Waals surface area contributed by atoms with E-state index < -0.39 is 10.0 Å². The first-order valence-corrected chi connectivity index (χ1v) is 9.30. The summed E-state index contributed by atoms with van der Waals surface area (Å²) in [5.41, 5.74) is 1.06. The van der Waals surface area contributed by atoms with E-state index in [4.69, 9.17) is 32.7 Å². The minimum atomic E-state index is -3.80. The highest BCUT2D eigenvalue weighted by atomic mass is 35.5. The zero-order valence-corrected chi connectivity index (χ0v) is 15.5. The van der Waals surface area contributed by atoms with Gasteiger partial charge in [-0.1, -0.05) is 35.3 Å². The lowest BCUT2D eigenvalue weighted by Crippen LogP contribution is -2.28. The van der Waals surface area contributed by atoms with Crippen molar-refractivity contribution in [3.8, 4) is 11.5 Å². The average molecular weight is 390 g/mol. The van der Waals surface area contributed by atoms with Gasteiger partial charge in [-0.2, -0.15) is 0 Å². The Labute approximate surface area is 151 Å². The molecule has 0 fully saturated rings. The van der Waals surface area contributed by atoms with Crippen molar-refractivity contribution in [2.75, 3.05) is 20.3 Å². The quantitative estimate of drug-likeness (QED) is 0.733. The van der Waals surface area contributed by atoms with E-state index in [1.807, 2.05) is 31.2 Å². The van der Waals surface area contributed by atoms with Gasteiger partial charge in [0.2, 0.25) is 10.0 Å². The molecule has 0 bridgehead atoms. The normalized spacial score (nSPS) is 11.3. The van der Waals surface area contributed by atoms with E-state index in [2.05, 4.69) is 4.72 Å². The third-order valence-electron chi connectivity index (χ3n) is 3.17. The fourth-order valence-corrected chi connectivity index (χ4v) is 3.86. The van der Waals surface area contributed by atoms with Crippen molar-refractivity contribution in [2.45, 2.75) is 11.8 Å². The Morgan fingerprint density at radius 3 is 2.54 bits per heavy atom. The molecule has 0 aliphatic rings. The molecule has 8 heteroatoms. The first-order chi connectivity index (χ1) is 11.3. The molecule has 0 saturated carbocycles. The second-order valence-corrected chi connectivity index (χ2v) is 7.45. The molecule has 5 nitrogen and oxygen atoms in total. The van der Waals surface area contributed by atoms with Gasteiger partial charge in [0.1, 0.15) is 28.0 Å². The molecule has 24 heavy (non-hydrogen) atoms. The molecule has 0 spiro atoms. The lowest BCUT2D eigenvalue weighted by Gasteiger charge is -2.12. The number of halogens is 2. The number of rotatable bonds is 7. The maximum absolute atomic E-state index is 12.3. The zero-order chi connectivity index (χ0) is 17.7. The third kappa shape index (κ3) is 4.54. The Morgan fingerprint density at radius 1 is 1.12 bits per heavy atom. The summed E-state index contributed by atoms with van der Waals surface area (Å²) in [5, 5.41) is -0.0267. The summed E-state index contributed by atoms with van der Waals surface area (Å²) in [7, 11) is -2.38. The van der Waals surface area contributed by atoms with Crippen LogP contribution in [0.5, 0.6) is 11.5 Å². The van der Waals surface area contributed by atoms with Crippen LogP contribution >= 0.6 is 23.2 Å². The second-order valence-electron chi connectivity index (χ2n) is 4.96. The molecule has 0 aliphatic heterocycles. The van der Waals surface area contributed by atoms with E-state index in [9.17, 15) is 8.42 Å². The number of hydrogen-bond acceptors (Lipinski definition) is 4. The smallest absolute Gasteiger partial charge is 0.242 e. The van der Waals surface area contributed by atoms with Gasteiger partial charge >= 0.3 is 0 Å². The number of aryl methyl sites for hydroxylation is 1. The number of sulfonamides is 1. The van der Waals surface area contributed by atoms with Crippen LogP contribution in [0.1, 0.15) is 5.56 Å². The van der Waals surface area contributed by atoms with Crippen LogP contribution in [0.4, 0.5) is 0 Å². The average Bonchev–Trinajstić information content (AvgIpc) is 2.54. The summed E-state index contributed by atoms with van der Waals surface area (Å²) in [4.78, 5) is -0.106. The minimum Gasteiger partial charge on any atom is -0.495 e. The van der Waals surface area contributed by atoms with Crippen LogP contribution in [0.15, 0.2) is 41.3 Å². The molecular formula is C16H17Cl2NO4S. The molecule has 2 aromatic rings. The van der Waals surface area contributed by atoms with Gasteiger partial charge in [0, 0.05) is 6.54 Å². The molecule has 130 valence electrons. The topological polar surface area (TPSA) is 64.6 Å². The molecular weight excluding hydrogens is 373 g/mol. The monoisotopic (exact) mass is 389 g/mol. The van der Waals surface area contributed by atoms with E-state index >= 15 is 0 Å². The molecule has 0 saturated heterocycles. The number of ether oxygens (including phenoxy) is 2. The van der Waals surface area contributed by atoms with Crippen molar-refractivity contribution in [3.05, 3.63) is 52.0 Å². The van der Waals surface area contributed by atoms with Gasteiger partial charge in [-0.3, -0.25) is 0 Å². The Bertz CT molecular complexity index is 825. The Balaban J connectivity index is 2.00. The third-order valence-corrected chi connectivity index (χ3v) is 5.65. The molecule has 0 heterocycles. The van der Waals surface area contributed by atoms with Crippen molar-refractivity contribution in [3.63, 3.8) is 0 Å². The van der Waals surface area contributed by atoms with E-state index in [0.717, 1.165) is 5.56 Å². The van der Waals surface area contributed by atoms with Gasteiger partial charge in [-0.15, -0.1) is 0 Å². The lowest BCUT2D eigenvalue weighted by molar-refractivity contribution is 0.322. The van der Waals surface area contributed by atoms with Gasteiger partial charge in [0.05, 0.1) is 12.1 Å². The highest BCUT2D eigenvalue weighted by Gasteiger charge is 2.21. The van der Waals surface area contributed by atoms with Crippen LogP contribution in [0.25, 0.3) is 0 Å². The standard InChI is InChI=1S/C16H17Cl2NO4S/c1-11-4-3-5-12(10-11)23-9-8-19-24(20,21)14-7-6-13(22-2)15(17)16(14)18/h3-7,10,19H,8-9H2,1-2H3. The minimum absolute atomic E-state index is 0.0538. The zero-order valence-electron chi connectivity index (χ0n) is 13.2. The fraction of sp³-hybridized carbons (Fsp3) is 0.250. The largest absolute Gasteiger partial charge is 0.495 e. The number of benzene rings is 2. The molecule has 0 aliphatic carbocycles. The highest BCUT2D eigenvalue weighted by molar-refractivity contribution is 7.89. The van der Waals surface area contributed by atoms with Crippen molar-refractivity contribution >= 4 is 33.2 Å². The summed E-state index contributed by atoms with van der Waals surface area (Å²) >= 11 is 12.0. The second kappa shape index (κ2) is 8.07. The highest BCUT2D eigenvalue weighted by Crippen LogP contribution is 2.36.